The molecule has 0 saturated heterocycles. The van der Waals surface area contributed by atoms with E-state index in [0.717, 1.165) is 31.4 Å². The molecular formula is C14H19ClN2O. The van der Waals surface area contributed by atoms with Crippen molar-refractivity contribution in [3.8, 4) is 0 Å². The van der Waals surface area contributed by atoms with Gasteiger partial charge in [0.2, 0.25) is 5.91 Å². The third-order valence-electron chi connectivity index (χ3n) is 3.83. The molecule has 18 heavy (non-hydrogen) atoms. The highest BCUT2D eigenvalue weighted by Gasteiger charge is 2.39. The van der Waals surface area contributed by atoms with Crippen LogP contribution in [0.4, 0.5) is 5.69 Å². The Morgan fingerprint density at radius 3 is 2.39 bits per heavy atom. The fourth-order valence-corrected chi connectivity index (χ4v) is 2.62. The summed E-state index contributed by atoms with van der Waals surface area (Å²) in [6, 6.07) is 7.38. The van der Waals surface area contributed by atoms with Crippen LogP contribution >= 0.6 is 11.6 Å². The molecule has 0 radical (unpaired) electrons. The van der Waals surface area contributed by atoms with Crippen LogP contribution in [0.2, 0.25) is 5.02 Å². The minimum absolute atomic E-state index is 0.260. The predicted octanol–water partition coefficient (Wildman–Crippen LogP) is 3.19. The number of hydrogen-bond donors (Lipinski definition) is 2. The van der Waals surface area contributed by atoms with Crippen LogP contribution in [-0.2, 0) is 4.79 Å². The van der Waals surface area contributed by atoms with Crippen molar-refractivity contribution >= 4 is 23.2 Å². The average Bonchev–Trinajstić information content (AvgIpc) is 2.35. The molecule has 98 valence electrons. The zero-order valence-corrected chi connectivity index (χ0v) is 11.3. The minimum atomic E-state index is -0.597. The lowest BCUT2D eigenvalue weighted by Crippen LogP contribution is -2.52. The summed E-state index contributed by atoms with van der Waals surface area (Å²) < 4.78 is 0. The normalized spacial score (nSPS) is 27.8. The van der Waals surface area contributed by atoms with E-state index < -0.39 is 5.54 Å². The van der Waals surface area contributed by atoms with E-state index in [2.05, 4.69) is 12.2 Å². The van der Waals surface area contributed by atoms with Crippen LogP contribution in [0, 0.1) is 5.92 Å². The zero-order valence-electron chi connectivity index (χ0n) is 10.6. The molecule has 1 aliphatic rings. The average molecular weight is 267 g/mol. The first-order valence-electron chi connectivity index (χ1n) is 6.35. The monoisotopic (exact) mass is 266 g/mol. The Kier molecular flexibility index (Phi) is 3.81. The zero-order chi connectivity index (χ0) is 13.2. The number of hydrogen-bond acceptors (Lipinski definition) is 2. The topological polar surface area (TPSA) is 55.1 Å². The molecule has 0 bridgehead atoms. The van der Waals surface area contributed by atoms with Crippen molar-refractivity contribution < 1.29 is 4.79 Å². The standard InChI is InChI=1S/C14H19ClN2O/c1-10-6-8-14(9-7-10,13(16)18)17-12-4-2-11(15)3-5-12/h2-5,10,17H,6-9H2,1H3,(H2,16,18). The van der Waals surface area contributed by atoms with Crippen LogP contribution in [0.1, 0.15) is 32.6 Å². The largest absolute Gasteiger partial charge is 0.371 e. The van der Waals surface area contributed by atoms with E-state index in [1.807, 2.05) is 24.3 Å². The molecule has 0 spiro atoms. The maximum Gasteiger partial charge on any atom is 0.243 e. The van der Waals surface area contributed by atoms with Gasteiger partial charge in [-0.1, -0.05) is 18.5 Å². The Labute approximate surface area is 113 Å². The third kappa shape index (κ3) is 2.78. The van der Waals surface area contributed by atoms with E-state index in [1.54, 1.807) is 0 Å². The lowest BCUT2D eigenvalue weighted by molar-refractivity contribution is -0.123. The molecule has 0 aromatic heterocycles. The summed E-state index contributed by atoms with van der Waals surface area (Å²) in [5.74, 6) is 0.411. The summed E-state index contributed by atoms with van der Waals surface area (Å²) in [6.07, 6.45) is 3.66. The number of nitrogens with two attached hydrogens (primary N) is 1. The van der Waals surface area contributed by atoms with Gasteiger partial charge in [0.15, 0.2) is 0 Å². The summed E-state index contributed by atoms with van der Waals surface area (Å²) in [5.41, 5.74) is 5.90. The van der Waals surface area contributed by atoms with Crippen LogP contribution in [0.5, 0.6) is 0 Å². The first-order chi connectivity index (χ1) is 8.52. The Morgan fingerprint density at radius 1 is 1.33 bits per heavy atom. The number of amides is 1. The Morgan fingerprint density at radius 2 is 1.89 bits per heavy atom. The number of nitrogens with one attached hydrogen (secondary N) is 1. The molecule has 1 fully saturated rings. The molecule has 3 N–H and O–H groups in total. The van der Waals surface area contributed by atoms with Crippen molar-refractivity contribution in [3.63, 3.8) is 0 Å². The van der Waals surface area contributed by atoms with Gasteiger partial charge in [-0.25, -0.2) is 0 Å². The summed E-state index contributed by atoms with van der Waals surface area (Å²) in [7, 11) is 0. The molecule has 1 aromatic carbocycles. The van der Waals surface area contributed by atoms with Gasteiger partial charge < -0.3 is 11.1 Å². The van der Waals surface area contributed by atoms with Gasteiger partial charge in [-0.3, -0.25) is 4.79 Å². The minimum Gasteiger partial charge on any atom is -0.371 e. The van der Waals surface area contributed by atoms with E-state index in [4.69, 9.17) is 17.3 Å². The second kappa shape index (κ2) is 5.19. The lowest BCUT2D eigenvalue weighted by atomic mass is 9.76. The van der Waals surface area contributed by atoms with Crippen molar-refractivity contribution in [2.45, 2.75) is 38.1 Å². The van der Waals surface area contributed by atoms with Crippen molar-refractivity contribution in [2.75, 3.05) is 5.32 Å². The van der Waals surface area contributed by atoms with Crippen molar-refractivity contribution in [3.05, 3.63) is 29.3 Å². The highest BCUT2D eigenvalue weighted by atomic mass is 35.5. The Bertz CT molecular complexity index is 422. The first kappa shape index (κ1) is 13.2. The summed E-state index contributed by atoms with van der Waals surface area (Å²) in [4.78, 5) is 11.8. The van der Waals surface area contributed by atoms with Crippen LogP contribution in [0.15, 0.2) is 24.3 Å². The van der Waals surface area contributed by atoms with Gasteiger partial charge >= 0.3 is 0 Å². The van der Waals surface area contributed by atoms with Gasteiger partial charge in [-0.2, -0.15) is 0 Å². The molecule has 1 amide bonds. The quantitative estimate of drug-likeness (QED) is 0.883. The smallest absolute Gasteiger partial charge is 0.243 e. The molecule has 1 aliphatic carbocycles. The number of carbonyl (C=O) groups excluding carboxylic acids is 1. The van der Waals surface area contributed by atoms with Crippen LogP contribution in [-0.4, -0.2) is 11.4 Å². The molecular weight excluding hydrogens is 248 g/mol. The number of anilines is 1. The molecule has 1 aromatic rings. The molecule has 4 heteroatoms. The van der Waals surface area contributed by atoms with E-state index in [0.29, 0.717) is 10.9 Å². The fraction of sp³-hybridized carbons (Fsp3) is 0.500. The number of halogens is 1. The van der Waals surface area contributed by atoms with Gasteiger partial charge in [0.1, 0.15) is 5.54 Å². The third-order valence-corrected chi connectivity index (χ3v) is 4.08. The molecule has 2 rings (SSSR count). The number of rotatable bonds is 3. The number of carbonyl (C=O) groups is 1. The van der Waals surface area contributed by atoms with Crippen molar-refractivity contribution in [2.24, 2.45) is 11.7 Å². The lowest BCUT2D eigenvalue weighted by Gasteiger charge is -2.38. The SMILES string of the molecule is CC1CCC(Nc2ccc(Cl)cc2)(C(N)=O)CC1. The molecule has 0 atom stereocenters. The summed E-state index contributed by atoms with van der Waals surface area (Å²) in [5, 5.41) is 3.99. The van der Waals surface area contributed by atoms with E-state index >= 15 is 0 Å². The molecule has 1 saturated carbocycles. The molecule has 0 unspecified atom stereocenters. The second-order valence-corrected chi connectivity index (χ2v) is 5.70. The highest BCUT2D eigenvalue weighted by molar-refractivity contribution is 6.30. The van der Waals surface area contributed by atoms with E-state index in [9.17, 15) is 4.79 Å². The summed E-state index contributed by atoms with van der Waals surface area (Å²) in [6.45, 7) is 2.22. The van der Waals surface area contributed by atoms with Crippen LogP contribution in [0.25, 0.3) is 0 Å². The Balaban J connectivity index is 2.16. The van der Waals surface area contributed by atoms with Gasteiger partial charge in [0.05, 0.1) is 0 Å². The van der Waals surface area contributed by atoms with Gasteiger partial charge in [0.25, 0.3) is 0 Å². The second-order valence-electron chi connectivity index (χ2n) is 5.26. The maximum atomic E-state index is 11.8. The van der Waals surface area contributed by atoms with Crippen molar-refractivity contribution in [1.82, 2.24) is 0 Å². The van der Waals surface area contributed by atoms with Gasteiger partial charge in [-0.05, 0) is 55.9 Å². The van der Waals surface area contributed by atoms with Gasteiger partial charge in [0, 0.05) is 10.7 Å². The molecule has 0 aliphatic heterocycles. The number of primary amides is 1. The van der Waals surface area contributed by atoms with Crippen LogP contribution < -0.4 is 11.1 Å². The fourth-order valence-electron chi connectivity index (χ4n) is 2.50. The van der Waals surface area contributed by atoms with E-state index in [-0.39, 0.29) is 5.91 Å². The number of benzene rings is 1. The van der Waals surface area contributed by atoms with Gasteiger partial charge in [-0.15, -0.1) is 0 Å². The first-order valence-corrected chi connectivity index (χ1v) is 6.73. The van der Waals surface area contributed by atoms with E-state index in [1.165, 1.54) is 0 Å². The maximum absolute atomic E-state index is 11.8. The molecule has 0 heterocycles. The summed E-state index contributed by atoms with van der Waals surface area (Å²) >= 11 is 5.85. The predicted molar refractivity (Wildman–Crippen MR) is 74.6 cm³/mol. The highest BCUT2D eigenvalue weighted by Crippen LogP contribution is 2.34. The molecule has 3 nitrogen and oxygen atoms in total. The Hall–Kier alpha value is -1.22. The van der Waals surface area contributed by atoms with Crippen LogP contribution in [0.3, 0.4) is 0 Å². The van der Waals surface area contributed by atoms with Crippen molar-refractivity contribution in [1.29, 1.82) is 0 Å².